The smallest absolute Gasteiger partial charge is 0.264 e. The molecular formula is C27H24ClFN2O4S. The molecule has 3 aromatic rings. The van der Waals surface area contributed by atoms with Gasteiger partial charge in [-0.25, -0.2) is 9.38 Å². The number of ether oxygens (including phenoxy) is 3. The molecule has 186 valence electrons. The molecule has 1 saturated heterocycles. The molecule has 36 heavy (non-hydrogen) atoms. The number of rotatable bonds is 9. The standard InChI is InChI=1S/C27H24ClFN2O4S/c1-3-33-21-11-9-20(10-12-21)30-27-31-26(32)24(36-27)15-18-13-22(28)25(23(14-18)34-4-2)35-16-17-5-7-19(29)8-6-17/h5-15H,3-4,16H2,1-2H3,(H,30,31,32)/b24-15+. The summed E-state index contributed by atoms with van der Waals surface area (Å²) in [6, 6.07) is 16.8. The Morgan fingerprint density at radius 2 is 1.72 bits per heavy atom. The Bertz CT molecular complexity index is 1290. The highest BCUT2D eigenvalue weighted by Gasteiger charge is 2.24. The first-order valence-electron chi connectivity index (χ1n) is 11.3. The quantitative estimate of drug-likeness (QED) is 0.312. The second-order valence-corrected chi connectivity index (χ2v) is 9.02. The van der Waals surface area contributed by atoms with Crippen LogP contribution >= 0.6 is 23.4 Å². The Labute approximate surface area is 218 Å². The number of halogens is 2. The predicted molar refractivity (Wildman–Crippen MR) is 142 cm³/mol. The number of hydrogen-bond donors (Lipinski definition) is 1. The van der Waals surface area contributed by atoms with E-state index in [4.69, 9.17) is 25.8 Å². The summed E-state index contributed by atoms with van der Waals surface area (Å²) < 4.78 is 30.2. The SMILES string of the molecule is CCOc1ccc(N=C2NC(=O)/C(=C\c3cc(Cl)c(OCc4ccc(F)cc4)c(OCC)c3)S2)cc1. The van der Waals surface area contributed by atoms with Crippen LogP contribution in [0.25, 0.3) is 6.08 Å². The van der Waals surface area contributed by atoms with E-state index in [-0.39, 0.29) is 18.3 Å². The van der Waals surface area contributed by atoms with Gasteiger partial charge in [-0.1, -0.05) is 23.7 Å². The molecule has 6 nitrogen and oxygen atoms in total. The third-order valence-electron chi connectivity index (χ3n) is 4.96. The summed E-state index contributed by atoms with van der Waals surface area (Å²) in [6.45, 7) is 4.96. The summed E-state index contributed by atoms with van der Waals surface area (Å²) in [4.78, 5) is 17.5. The Morgan fingerprint density at radius 3 is 2.42 bits per heavy atom. The van der Waals surface area contributed by atoms with Gasteiger partial charge in [0.05, 0.1) is 28.8 Å². The zero-order valence-electron chi connectivity index (χ0n) is 19.7. The van der Waals surface area contributed by atoms with E-state index < -0.39 is 0 Å². The molecule has 1 aliphatic rings. The van der Waals surface area contributed by atoms with Gasteiger partial charge in [0.1, 0.15) is 18.2 Å². The zero-order chi connectivity index (χ0) is 25.5. The number of amidine groups is 1. The van der Waals surface area contributed by atoms with Crippen LogP contribution in [0.5, 0.6) is 17.2 Å². The molecule has 1 aliphatic heterocycles. The second-order valence-electron chi connectivity index (χ2n) is 7.59. The van der Waals surface area contributed by atoms with E-state index in [0.29, 0.717) is 51.1 Å². The molecule has 1 heterocycles. The van der Waals surface area contributed by atoms with E-state index in [1.54, 1.807) is 30.3 Å². The van der Waals surface area contributed by atoms with Crippen LogP contribution in [0.4, 0.5) is 10.1 Å². The van der Waals surface area contributed by atoms with Crippen LogP contribution in [0.1, 0.15) is 25.0 Å². The monoisotopic (exact) mass is 526 g/mol. The first-order chi connectivity index (χ1) is 17.4. The molecule has 9 heteroatoms. The molecule has 1 amide bonds. The molecule has 0 unspecified atom stereocenters. The third kappa shape index (κ3) is 6.59. The lowest BCUT2D eigenvalue weighted by Gasteiger charge is -2.14. The molecule has 3 aromatic carbocycles. The summed E-state index contributed by atoms with van der Waals surface area (Å²) in [5.41, 5.74) is 2.17. The number of nitrogens with zero attached hydrogens (tertiary/aromatic N) is 1. The van der Waals surface area contributed by atoms with Crippen LogP contribution in [0.2, 0.25) is 5.02 Å². The van der Waals surface area contributed by atoms with Crippen LogP contribution < -0.4 is 19.5 Å². The van der Waals surface area contributed by atoms with Crippen LogP contribution in [0.3, 0.4) is 0 Å². The largest absolute Gasteiger partial charge is 0.494 e. The second kappa shape index (κ2) is 12.0. The van der Waals surface area contributed by atoms with Crippen LogP contribution in [0.15, 0.2) is 70.6 Å². The molecule has 1 N–H and O–H groups in total. The molecule has 1 fully saturated rings. The number of nitrogens with one attached hydrogen (secondary N) is 1. The van der Waals surface area contributed by atoms with E-state index in [1.165, 1.54) is 23.9 Å². The Hall–Kier alpha value is -3.49. The molecule has 0 spiro atoms. The first kappa shape index (κ1) is 25.6. The predicted octanol–water partition coefficient (Wildman–Crippen LogP) is 6.75. The molecular weight excluding hydrogens is 503 g/mol. The maximum Gasteiger partial charge on any atom is 0.264 e. The van der Waals surface area contributed by atoms with E-state index in [0.717, 1.165) is 11.3 Å². The van der Waals surface area contributed by atoms with Gasteiger partial charge < -0.3 is 19.5 Å². The number of benzene rings is 3. The van der Waals surface area contributed by atoms with Crippen molar-refractivity contribution in [3.63, 3.8) is 0 Å². The maximum absolute atomic E-state index is 13.2. The van der Waals surface area contributed by atoms with E-state index in [2.05, 4.69) is 10.3 Å². The van der Waals surface area contributed by atoms with Crippen molar-refractivity contribution in [2.24, 2.45) is 4.99 Å². The molecule has 0 saturated carbocycles. The molecule has 0 aromatic heterocycles. The minimum absolute atomic E-state index is 0.199. The lowest BCUT2D eigenvalue weighted by atomic mass is 10.1. The average Bonchev–Trinajstić information content (AvgIpc) is 3.19. The first-order valence-corrected chi connectivity index (χ1v) is 12.5. The van der Waals surface area contributed by atoms with Gasteiger partial charge in [0.25, 0.3) is 5.91 Å². The number of carbonyl (C=O) groups is 1. The van der Waals surface area contributed by atoms with E-state index in [9.17, 15) is 9.18 Å². The molecule has 0 atom stereocenters. The highest BCUT2D eigenvalue weighted by molar-refractivity contribution is 8.18. The fourth-order valence-electron chi connectivity index (χ4n) is 3.34. The summed E-state index contributed by atoms with van der Waals surface area (Å²) in [6.07, 6.45) is 1.72. The van der Waals surface area contributed by atoms with E-state index in [1.807, 2.05) is 38.1 Å². The number of aliphatic imine (C=N–C) groups is 1. The summed E-state index contributed by atoms with van der Waals surface area (Å²) in [5, 5.41) is 3.59. The maximum atomic E-state index is 13.2. The van der Waals surface area contributed by atoms with Crippen molar-refractivity contribution < 1.29 is 23.4 Å². The fraction of sp³-hybridized carbons (Fsp3) is 0.185. The number of hydrogen-bond acceptors (Lipinski definition) is 6. The molecule has 0 aliphatic carbocycles. The van der Waals surface area contributed by atoms with Crippen molar-refractivity contribution in [1.82, 2.24) is 5.32 Å². The normalized spacial score (nSPS) is 15.3. The topological polar surface area (TPSA) is 69.2 Å². The average molecular weight is 527 g/mol. The Kier molecular flexibility index (Phi) is 8.51. The van der Waals surface area contributed by atoms with Crippen LogP contribution in [0, 0.1) is 5.82 Å². The lowest BCUT2D eigenvalue weighted by molar-refractivity contribution is -0.115. The molecule has 4 rings (SSSR count). The van der Waals surface area contributed by atoms with Gasteiger partial charge in [-0.05, 0) is 91.3 Å². The highest BCUT2D eigenvalue weighted by atomic mass is 35.5. The lowest BCUT2D eigenvalue weighted by Crippen LogP contribution is -2.19. The zero-order valence-corrected chi connectivity index (χ0v) is 21.3. The van der Waals surface area contributed by atoms with Gasteiger partial charge in [0.2, 0.25) is 0 Å². The van der Waals surface area contributed by atoms with Crippen molar-refractivity contribution in [2.75, 3.05) is 13.2 Å². The minimum atomic E-state index is -0.314. The van der Waals surface area contributed by atoms with Crippen molar-refractivity contribution in [2.45, 2.75) is 20.5 Å². The van der Waals surface area contributed by atoms with Gasteiger partial charge in [-0.3, -0.25) is 4.79 Å². The Balaban J connectivity index is 1.51. The van der Waals surface area contributed by atoms with Gasteiger partial charge in [-0.2, -0.15) is 0 Å². The highest BCUT2D eigenvalue weighted by Crippen LogP contribution is 2.39. The van der Waals surface area contributed by atoms with Crippen molar-refractivity contribution in [3.8, 4) is 17.2 Å². The third-order valence-corrected chi connectivity index (χ3v) is 6.15. The van der Waals surface area contributed by atoms with E-state index >= 15 is 0 Å². The van der Waals surface area contributed by atoms with Crippen LogP contribution in [-0.4, -0.2) is 24.3 Å². The number of carbonyl (C=O) groups excluding carboxylic acids is 1. The van der Waals surface area contributed by atoms with Crippen LogP contribution in [-0.2, 0) is 11.4 Å². The Morgan fingerprint density at radius 1 is 1.00 bits per heavy atom. The number of amides is 1. The molecule has 0 radical (unpaired) electrons. The summed E-state index contributed by atoms with van der Waals surface area (Å²) in [5.74, 6) is 1.02. The minimum Gasteiger partial charge on any atom is -0.494 e. The van der Waals surface area contributed by atoms with Crippen molar-refractivity contribution in [3.05, 3.63) is 87.5 Å². The molecule has 0 bridgehead atoms. The van der Waals surface area contributed by atoms with Crippen molar-refractivity contribution >= 4 is 46.2 Å². The van der Waals surface area contributed by atoms with Gasteiger partial charge >= 0.3 is 0 Å². The van der Waals surface area contributed by atoms with Gasteiger partial charge in [-0.15, -0.1) is 0 Å². The summed E-state index contributed by atoms with van der Waals surface area (Å²) >= 11 is 7.75. The fourth-order valence-corrected chi connectivity index (χ4v) is 4.46. The van der Waals surface area contributed by atoms with Gasteiger partial charge in [0, 0.05) is 0 Å². The number of thioether (sulfide) groups is 1. The summed E-state index contributed by atoms with van der Waals surface area (Å²) in [7, 11) is 0. The van der Waals surface area contributed by atoms with Gasteiger partial charge in [0.15, 0.2) is 16.7 Å². The van der Waals surface area contributed by atoms with Crippen molar-refractivity contribution in [1.29, 1.82) is 0 Å².